The number of benzene rings is 1. The average Bonchev–Trinajstić information content (AvgIpc) is 2.75. The number of ether oxygens (including phenoxy) is 3. The van der Waals surface area contributed by atoms with Gasteiger partial charge < -0.3 is 19.1 Å². The molecule has 0 aliphatic heterocycles. The molecule has 30 heavy (non-hydrogen) atoms. The van der Waals surface area contributed by atoms with Gasteiger partial charge in [0, 0.05) is 30.4 Å². The number of rotatable bonds is 8. The van der Waals surface area contributed by atoms with Crippen molar-refractivity contribution in [2.24, 2.45) is 0 Å². The lowest BCUT2D eigenvalue weighted by Gasteiger charge is -2.16. The van der Waals surface area contributed by atoms with Crippen molar-refractivity contribution < 1.29 is 23.4 Å². The Hall–Kier alpha value is -3.75. The highest BCUT2D eigenvalue weighted by Gasteiger charge is 2.15. The van der Waals surface area contributed by atoms with Gasteiger partial charge in [-0.05, 0) is 31.2 Å². The van der Waals surface area contributed by atoms with Crippen LogP contribution in [0.15, 0.2) is 48.9 Å². The molecule has 0 unspecified atom stereocenters. The second-order valence-electron chi connectivity index (χ2n) is 6.18. The first-order valence-corrected chi connectivity index (χ1v) is 9.17. The summed E-state index contributed by atoms with van der Waals surface area (Å²) in [5, 5.41) is 0. The van der Waals surface area contributed by atoms with Crippen LogP contribution in [0.1, 0.15) is 6.92 Å². The van der Waals surface area contributed by atoms with Crippen molar-refractivity contribution in [2.75, 3.05) is 32.2 Å². The van der Waals surface area contributed by atoms with Crippen molar-refractivity contribution in [1.29, 1.82) is 0 Å². The van der Waals surface area contributed by atoms with Gasteiger partial charge in [-0.25, -0.2) is 19.3 Å². The fourth-order valence-electron chi connectivity index (χ4n) is 2.71. The number of halogens is 1. The number of methoxy groups -OCH3 is 1. The highest BCUT2D eigenvalue weighted by Crippen LogP contribution is 2.37. The number of nitrogens with zero attached hydrogens (tertiary/aromatic N) is 4. The number of hydrogen-bond donors (Lipinski definition) is 0. The van der Waals surface area contributed by atoms with E-state index in [4.69, 9.17) is 14.2 Å². The van der Waals surface area contributed by atoms with Crippen LogP contribution in [0, 0.1) is 5.82 Å². The smallest absolute Gasteiger partial charge is 0.325 e. The topological polar surface area (TPSA) is 86.7 Å². The van der Waals surface area contributed by atoms with E-state index in [1.807, 2.05) is 0 Å². The Morgan fingerprint density at radius 2 is 1.90 bits per heavy atom. The summed E-state index contributed by atoms with van der Waals surface area (Å²) < 4.78 is 29.6. The summed E-state index contributed by atoms with van der Waals surface area (Å²) in [6.07, 6.45) is 4.53. The molecule has 0 saturated heterocycles. The first-order valence-electron chi connectivity index (χ1n) is 9.17. The second kappa shape index (κ2) is 9.64. The Labute approximate surface area is 173 Å². The number of esters is 1. The van der Waals surface area contributed by atoms with E-state index < -0.39 is 5.82 Å². The molecule has 0 aliphatic carbocycles. The largest absolute Gasteiger partial charge is 0.496 e. The normalized spacial score (nSPS) is 10.4. The minimum atomic E-state index is -0.405. The zero-order chi connectivity index (χ0) is 21.5. The number of hydrogen-bond acceptors (Lipinski definition) is 8. The van der Waals surface area contributed by atoms with Crippen LogP contribution in [0.2, 0.25) is 0 Å². The number of anilines is 1. The first kappa shape index (κ1) is 21.0. The predicted molar refractivity (Wildman–Crippen MR) is 108 cm³/mol. The van der Waals surface area contributed by atoms with Crippen LogP contribution >= 0.6 is 0 Å². The maximum absolute atomic E-state index is 13.5. The Kier molecular flexibility index (Phi) is 6.74. The van der Waals surface area contributed by atoms with Gasteiger partial charge in [-0.15, -0.1) is 0 Å². The summed E-state index contributed by atoms with van der Waals surface area (Å²) in [6, 6.07) is 7.77. The molecular formula is C21H21FN4O4. The minimum Gasteiger partial charge on any atom is -0.496 e. The van der Waals surface area contributed by atoms with Crippen molar-refractivity contribution in [1.82, 2.24) is 15.0 Å². The summed E-state index contributed by atoms with van der Waals surface area (Å²) in [6.45, 7) is 2.09. The van der Waals surface area contributed by atoms with Crippen LogP contribution in [0.4, 0.5) is 10.3 Å². The van der Waals surface area contributed by atoms with Gasteiger partial charge in [0.1, 0.15) is 18.1 Å². The maximum atomic E-state index is 13.5. The predicted octanol–water partition coefficient (Wildman–Crippen LogP) is 3.48. The van der Waals surface area contributed by atoms with Crippen molar-refractivity contribution in [2.45, 2.75) is 6.92 Å². The SMILES string of the molecule is CCOC(=O)CN(C)c1ncc(Oc2ncccc2-c2ccc(F)cc2OC)cn1. The molecule has 0 atom stereocenters. The highest BCUT2D eigenvalue weighted by atomic mass is 19.1. The van der Waals surface area contributed by atoms with Crippen LogP contribution in [-0.2, 0) is 9.53 Å². The van der Waals surface area contributed by atoms with Gasteiger partial charge in [0.25, 0.3) is 0 Å². The molecule has 1 aromatic carbocycles. The molecule has 2 aromatic heterocycles. The van der Waals surface area contributed by atoms with Crippen molar-refractivity contribution >= 4 is 11.9 Å². The molecule has 156 valence electrons. The summed E-state index contributed by atoms with van der Waals surface area (Å²) in [4.78, 5) is 25.9. The van der Waals surface area contributed by atoms with Crippen LogP contribution in [0.3, 0.4) is 0 Å². The third kappa shape index (κ3) is 4.99. The number of carbonyl (C=O) groups is 1. The van der Waals surface area contributed by atoms with E-state index in [1.54, 1.807) is 43.3 Å². The number of likely N-dealkylation sites (N-methyl/N-ethyl adjacent to an activating group) is 1. The maximum Gasteiger partial charge on any atom is 0.325 e. The lowest BCUT2D eigenvalue weighted by molar-refractivity contribution is -0.141. The van der Waals surface area contributed by atoms with Crippen LogP contribution in [0.5, 0.6) is 17.4 Å². The molecule has 3 aromatic rings. The van der Waals surface area contributed by atoms with Crippen molar-refractivity contribution in [3.63, 3.8) is 0 Å². The Morgan fingerprint density at radius 3 is 2.60 bits per heavy atom. The average molecular weight is 412 g/mol. The van der Waals surface area contributed by atoms with Crippen LogP contribution in [-0.4, -0.2) is 48.2 Å². The number of carbonyl (C=O) groups excluding carboxylic acids is 1. The summed E-state index contributed by atoms with van der Waals surface area (Å²) in [5.41, 5.74) is 1.26. The summed E-state index contributed by atoms with van der Waals surface area (Å²) >= 11 is 0. The van der Waals surface area contributed by atoms with Gasteiger partial charge in [-0.3, -0.25) is 4.79 Å². The molecule has 0 spiro atoms. The van der Waals surface area contributed by atoms with E-state index >= 15 is 0 Å². The van der Waals surface area contributed by atoms with Gasteiger partial charge in [-0.2, -0.15) is 0 Å². The van der Waals surface area contributed by atoms with E-state index in [-0.39, 0.29) is 12.5 Å². The van der Waals surface area contributed by atoms with Gasteiger partial charge in [-0.1, -0.05) is 0 Å². The first-order chi connectivity index (χ1) is 14.5. The van der Waals surface area contributed by atoms with E-state index in [0.717, 1.165) is 0 Å². The molecule has 0 radical (unpaired) electrons. The molecular weight excluding hydrogens is 391 g/mol. The second-order valence-corrected chi connectivity index (χ2v) is 6.18. The minimum absolute atomic E-state index is 0.0305. The molecule has 3 rings (SSSR count). The molecule has 0 bridgehead atoms. The lowest BCUT2D eigenvalue weighted by Crippen LogP contribution is -2.28. The Morgan fingerprint density at radius 1 is 1.13 bits per heavy atom. The quantitative estimate of drug-likeness (QED) is 0.520. The molecule has 9 heteroatoms. The lowest BCUT2D eigenvalue weighted by atomic mass is 10.1. The van der Waals surface area contributed by atoms with E-state index in [2.05, 4.69) is 15.0 Å². The molecule has 0 saturated carbocycles. The van der Waals surface area contributed by atoms with Gasteiger partial charge in [0.05, 0.1) is 26.1 Å². The zero-order valence-electron chi connectivity index (χ0n) is 16.8. The molecule has 0 aliphatic rings. The van der Waals surface area contributed by atoms with E-state index in [0.29, 0.717) is 41.1 Å². The standard InChI is InChI=1S/C21H21FN4O4/c1-4-29-19(27)13-26(2)21-24-11-15(12-25-21)30-20-17(6-5-9-23-20)16-8-7-14(22)10-18(16)28-3/h5-12H,4,13H2,1-3H3. The fourth-order valence-corrected chi connectivity index (χ4v) is 2.71. The van der Waals surface area contributed by atoms with Crippen molar-refractivity contribution in [3.05, 3.63) is 54.7 Å². The Balaban J connectivity index is 1.80. The molecule has 2 heterocycles. The third-order valence-corrected chi connectivity index (χ3v) is 4.07. The summed E-state index contributed by atoms with van der Waals surface area (Å²) in [7, 11) is 3.15. The molecule has 0 N–H and O–H groups in total. The number of aromatic nitrogens is 3. The van der Waals surface area contributed by atoms with Gasteiger partial charge >= 0.3 is 5.97 Å². The summed E-state index contributed by atoms with van der Waals surface area (Å²) in [5.74, 6) is 0.577. The van der Waals surface area contributed by atoms with Gasteiger partial charge in [0.2, 0.25) is 11.8 Å². The highest BCUT2D eigenvalue weighted by molar-refractivity contribution is 5.75. The van der Waals surface area contributed by atoms with Crippen LogP contribution < -0.4 is 14.4 Å². The zero-order valence-corrected chi connectivity index (χ0v) is 16.8. The van der Waals surface area contributed by atoms with E-state index in [9.17, 15) is 9.18 Å². The van der Waals surface area contributed by atoms with Crippen molar-refractivity contribution in [3.8, 4) is 28.5 Å². The molecule has 0 fully saturated rings. The number of pyridine rings is 1. The van der Waals surface area contributed by atoms with E-state index in [1.165, 1.54) is 31.6 Å². The fraction of sp³-hybridized carbons (Fsp3) is 0.238. The van der Waals surface area contributed by atoms with Crippen LogP contribution in [0.25, 0.3) is 11.1 Å². The third-order valence-electron chi connectivity index (χ3n) is 4.07. The monoisotopic (exact) mass is 412 g/mol. The molecule has 8 nitrogen and oxygen atoms in total. The molecule has 0 amide bonds. The van der Waals surface area contributed by atoms with Gasteiger partial charge in [0.15, 0.2) is 5.75 Å². The Bertz CT molecular complexity index is 1010.